The van der Waals surface area contributed by atoms with Crippen molar-refractivity contribution in [2.75, 3.05) is 0 Å². The zero-order chi connectivity index (χ0) is 19.3. The van der Waals surface area contributed by atoms with E-state index >= 15 is 0 Å². The van der Waals surface area contributed by atoms with Crippen molar-refractivity contribution >= 4 is 9.84 Å². The highest BCUT2D eigenvalue weighted by molar-refractivity contribution is 7.95. The summed E-state index contributed by atoms with van der Waals surface area (Å²) in [5.41, 5.74) is -1.04. The zero-order valence-electron chi connectivity index (χ0n) is 14.7. The van der Waals surface area contributed by atoms with Crippen molar-refractivity contribution in [3.8, 4) is 0 Å². The second kappa shape index (κ2) is 5.99. The molecule has 3 rings (SSSR count). The van der Waals surface area contributed by atoms with Crippen LogP contribution in [-0.4, -0.2) is 19.4 Å². The van der Waals surface area contributed by atoms with E-state index in [1.165, 1.54) is 38.1 Å². The maximum atomic E-state index is 14.4. The number of sulfone groups is 1. The van der Waals surface area contributed by atoms with E-state index in [0.29, 0.717) is 0 Å². The van der Waals surface area contributed by atoms with Crippen LogP contribution in [0.15, 0.2) is 70.0 Å². The second-order valence-electron chi connectivity index (χ2n) is 7.07. The Morgan fingerprint density at radius 3 is 1.96 bits per heavy atom. The molecule has 1 saturated carbocycles. The van der Waals surface area contributed by atoms with Gasteiger partial charge in [-0.25, -0.2) is 17.2 Å². The van der Waals surface area contributed by atoms with Crippen molar-refractivity contribution in [3.63, 3.8) is 0 Å². The number of aliphatic hydroxyl groups excluding tert-OH is 1. The molecule has 1 unspecified atom stereocenters. The fourth-order valence-corrected chi connectivity index (χ4v) is 4.91. The number of hydrogen-bond donors (Lipinski definition) is 1. The van der Waals surface area contributed by atoms with Crippen LogP contribution in [0.4, 0.5) is 8.78 Å². The molecule has 0 amide bonds. The van der Waals surface area contributed by atoms with E-state index in [9.17, 15) is 22.3 Å². The minimum Gasteiger partial charge on any atom is -0.383 e. The molecular formula is C20H20F2O3S. The number of benzene rings is 2. The van der Waals surface area contributed by atoms with E-state index in [0.717, 1.165) is 5.56 Å². The van der Waals surface area contributed by atoms with E-state index in [-0.39, 0.29) is 10.5 Å². The van der Waals surface area contributed by atoms with Gasteiger partial charge < -0.3 is 5.11 Å². The summed E-state index contributed by atoms with van der Waals surface area (Å²) >= 11 is 0. The summed E-state index contributed by atoms with van der Waals surface area (Å²) in [5.74, 6) is -3.28. The molecule has 0 saturated heterocycles. The topological polar surface area (TPSA) is 54.4 Å². The molecule has 0 bridgehead atoms. The summed E-state index contributed by atoms with van der Waals surface area (Å²) in [6.07, 6.45) is -1.66. The minimum absolute atomic E-state index is 0.112. The van der Waals surface area contributed by atoms with E-state index in [4.69, 9.17) is 0 Å². The largest absolute Gasteiger partial charge is 0.383 e. The summed E-state index contributed by atoms with van der Waals surface area (Å²) in [4.78, 5) is -0.735. The highest BCUT2D eigenvalue weighted by atomic mass is 32.2. The van der Waals surface area contributed by atoms with Crippen molar-refractivity contribution < 1.29 is 22.3 Å². The van der Waals surface area contributed by atoms with Crippen LogP contribution < -0.4 is 0 Å². The molecule has 138 valence electrons. The van der Waals surface area contributed by atoms with E-state index in [2.05, 4.69) is 0 Å². The van der Waals surface area contributed by atoms with E-state index in [1.807, 2.05) is 0 Å². The van der Waals surface area contributed by atoms with Crippen molar-refractivity contribution in [2.24, 2.45) is 5.41 Å². The normalized spacial score (nSPS) is 21.2. The van der Waals surface area contributed by atoms with Gasteiger partial charge in [-0.3, -0.25) is 0 Å². The van der Waals surface area contributed by atoms with Gasteiger partial charge in [0.05, 0.1) is 15.2 Å². The van der Waals surface area contributed by atoms with Gasteiger partial charge in [-0.1, -0.05) is 48.0 Å². The number of alkyl halides is 2. The Bertz CT molecular complexity index is 944. The Hall–Kier alpha value is -2.05. The first-order valence-electron chi connectivity index (χ1n) is 8.19. The molecule has 0 aliphatic heterocycles. The molecule has 1 fully saturated rings. The summed E-state index contributed by atoms with van der Waals surface area (Å²) in [6, 6.07) is 13.9. The predicted molar refractivity (Wildman–Crippen MR) is 95.5 cm³/mol. The molecule has 1 atom stereocenters. The van der Waals surface area contributed by atoms with Crippen molar-refractivity contribution in [1.29, 1.82) is 0 Å². The number of aryl methyl sites for hydroxylation is 1. The molecule has 0 spiro atoms. The summed E-state index contributed by atoms with van der Waals surface area (Å²) in [6.45, 7) is 4.36. The van der Waals surface area contributed by atoms with Gasteiger partial charge >= 0.3 is 0 Å². The first-order chi connectivity index (χ1) is 12.0. The van der Waals surface area contributed by atoms with Gasteiger partial charge in [0.2, 0.25) is 9.84 Å². The molecule has 26 heavy (non-hydrogen) atoms. The highest BCUT2D eigenvalue weighted by Gasteiger charge is 2.73. The standard InChI is InChI=1S/C20H20F2O3S/c1-13-9-11-15(12-10-13)26(24,25)17(18-19(2,3)20(18,21)22)16(23)14-7-5-4-6-8-14/h4-12,16,23H,1-3H3/b18-17+. The molecular weight excluding hydrogens is 358 g/mol. The van der Waals surface area contributed by atoms with E-state index in [1.54, 1.807) is 37.3 Å². The Balaban J connectivity index is 2.24. The number of halogens is 2. The highest BCUT2D eigenvalue weighted by Crippen LogP contribution is 2.68. The van der Waals surface area contributed by atoms with Gasteiger partial charge in [-0.05, 0) is 38.5 Å². The maximum Gasteiger partial charge on any atom is 0.280 e. The van der Waals surface area contributed by atoms with E-state index < -0.39 is 37.8 Å². The third-order valence-corrected chi connectivity index (χ3v) is 6.79. The van der Waals surface area contributed by atoms with Crippen LogP contribution in [-0.2, 0) is 9.84 Å². The SMILES string of the molecule is Cc1ccc(S(=O)(=O)/C(=C2\C(C)(C)C2(F)F)C(O)c2ccccc2)cc1. The average molecular weight is 378 g/mol. The molecule has 1 aliphatic carbocycles. The molecule has 0 radical (unpaired) electrons. The Kier molecular flexibility index (Phi) is 4.32. The summed E-state index contributed by atoms with van der Waals surface area (Å²) < 4.78 is 55.1. The Labute approximate surface area is 151 Å². The lowest BCUT2D eigenvalue weighted by atomic mass is 10.1. The van der Waals surface area contributed by atoms with Crippen LogP contribution in [0.5, 0.6) is 0 Å². The quantitative estimate of drug-likeness (QED) is 0.856. The number of aliphatic hydroxyl groups is 1. The predicted octanol–water partition coefficient (Wildman–Crippen LogP) is 4.43. The number of rotatable bonds is 4. The van der Waals surface area contributed by atoms with Gasteiger partial charge in [-0.2, -0.15) is 0 Å². The number of hydrogen-bond acceptors (Lipinski definition) is 3. The maximum absolute atomic E-state index is 14.4. The van der Waals surface area contributed by atoms with Gasteiger partial charge in [0, 0.05) is 5.57 Å². The number of allylic oxidation sites excluding steroid dienone is 1. The fraction of sp³-hybridized carbons (Fsp3) is 0.300. The molecule has 2 aromatic rings. The molecule has 1 aliphatic rings. The summed E-state index contributed by atoms with van der Waals surface area (Å²) in [7, 11) is -4.29. The Morgan fingerprint density at radius 2 is 1.50 bits per heavy atom. The first-order valence-corrected chi connectivity index (χ1v) is 9.67. The molecule has 0 heterocycles. The molecule has 6 heteroatoms. The van der Waals surface area contributed by atoms with Crippen LogP contribution in [0.25, 0.3) is 0 Å². The van der Waals surface area contributed by atoms with Crippen LogP contribution in [0.3, 0.4) is 0 Å². The van der Waals surface area contributed by atoms with Gasteiger partial charge in [0.1, 0.15) is 6.10 Å². The Morgan fingerprint density at radius 1 is 1.00 bits per heavy atom. The fourth-order valence-electron chi connectivity index (χ4n) is 3.08. The first kappa shape index (κ1) is 18.7. The molecule has 3 nitrogen and oxygen atoms in total. The smallest absolute Gasteiger partial charge is 0.280 e. The zero-order valence-corrected chi connectivity index (χ0v) is 15.5. The summed E-state index contributed by atoms with van der Waals surface area (Å²) in [5, 5.41) is 10.7. The monoisotopic (exact) mass is 378 g/mol. The van der Waals surface area contributed by atoms with Crippen LogP contribution in [0.1, 0.15) is 31.1 Å². The minimum atomic E-state index is -4.29. The average Bonchev–Trinajstić information content (AvgIpc) is 2.98. The van der Waals surface area contributed by atoms with Gasteiger partial charge in [0.25, 0.3) is 5.92 Å². The molecule has 2 aromatic carbocycles. The van der Waals surface area contributed by atoms with Crippen molar-refractivity contribution in [3.05, 3.63) is 76.2 Å². The van der Waals surface area contributed by atoms with Gasteiger partial charge in [-0.15, -0.1) is 0 Å². The third-order valence-electron chi connectivity index (χ3n) is 4.89. The van der Waals surface area contributed by atoms with Gasteiger partial charge in [0.15, 0.2) is 0 Å². The van der Waals surface area contributed by atoms with Crippen LogP contribution in [0, 0.1) is 12.3 Å². The lowest BCUT2D eigenvalue weighted by Crippen LogP contribution is -2.14. The lowest BCUT2D eigenvalue weighted by molar-refractivity contribution is 0.0822. The van der Waals surface area contributed by atoms with Crippen molar-refractivity contribution in [2.45, 2.75) is 37.7 Å². The molecule has 1 N–H and O–H groups in total. The van der Waals surface area contributed by atoms with Crippen LogP contribution in [0.2, 0.25) is 0 Å². The second-order valence-corrected chi connectivity index (χ2v) is 8.99. The van der Waals surface area contributed by atoms with Crippen LogP contribution >= 0.6 is 0 Å². The third kappa shape index (κ3) is 2.77. The molecule has 0 aromatic heterocycles. The lowest BCUT2D eigenvalue weighted by Gasteiger charge is -2.17. The van der Waals surface area contributed by atoms with Crippen molar-refractivity contribution in [1.82, 2.24) is 0 Å².